The van der Waals surface area contributed by atoms with Crippen molar-refractivity contribution in [3.63, 3.8) is 0 Å². The second-order valence-corrected chi connectivity index (χ2v) is 9.55. The molecular weight excluding hydrogens is 394 g/mol. The molecule has 2 aromatic heterocycles. The summed E-state index contributed by atoms with van der Waals surface area (Å²) in [4.78, 5) is 5.03. The van der Waals surface area contributed by atoms with Gasteiger partial charge in [-0.3, -0.25) is 4.72 Å². The number of aromatic nitrogens is 2. The van der Waals surface area contributed by atoms with E-state index in [1.54, 1.807) is 12.1 Å². The van der Waals surface area contributed by atoms with Gasteiger partial charge in [-0.15, -0.1) is 0 Å². The van der Waals surface area contributed by atoms with Gasteiger partial charge in [0.15, 0.2) is 0 Å². The van der Waals surface area contributed by atoms with Gasteiger partial charge in [0.25, 0.3) is 10.0 Å². The van der Waals surface area contributed by atoms with Crippen LogP contribution < -0.4 is 4.72 Å². The van der Waals surface area contributed by atoms with E-state index in [2.05, 4.69) is 4.72 Å². The number of hydrogen-bond donors (Lipinski definition) is 1. The Morgan fingerprint density at radius 1 is 0.967 bits per heavy atom. The first-order valence-electron chi connectivity index (χ1n) is 10.2. The van der Waals surface area contributed by atoms with Gasteiger partial charge < -0.3 is 4.40 Å². The van der Waals surface area contributed by atoms with Crippen molar-refractivity contribution in [1.29, 1.82) is 0 Å². The number of benzene rings is 2. The molecule has 1 aliphatic carbocycles. The zero-order valence-electron chi connectivity index (χ0n) is 16.8. The van der Waals surface area contributed by atoms with Crippen LogP contribution in [-0.2, 0) is 22.9 Å². The number of pyridine rings is 1. The maximum atomic E-state index is 13.0. The monoisotopic (exact) mass is 417 g/mol. The van der Waals surface area contributed by atoms with E-state index in [-0.39, 0.29) is 0 Å². The van der Waals surface area contributed by atoms with Gasteiger partial charge >= 0.3 is 0 Å². The fourth-order valence-corrected chi connectivity index (χ4v) is 5.23. The number of aryl methyl sites for hydroxylation is 3. The number of imidazole rings is 1. The maximum absolute atomic E-state index is 13.0. The Balaban J connectivity index is 1.46. The SMILES string of the molecule is Cc1cccn2cc(-c3cccc(NS(=O)(=O)c4ccc5c(c4)CCCC5)c3)nc12. The smallest absolute Gasteiger partial charge is 0.261 e. The lowest BCUT2D eigenvalue weighted by molar-refractivity contribution is 0.600. The highest BCUT2D eigenvalue weighted by molar-refractivity contribution is 7.92. The zero-order valence-corrected chi connectivity index (χ0v) is 17.6. The van der Waals surface area contributed by atoms with Gasteiger partial charge in [-0.1, -0.05) is 24.3 Å². The molecule has 5 nitrogen and oxygen atoms in total. The third kappa shape index (κ3) is 3.48. The first-order valence-corrected chi connectivity index (χ1v) is 11.7. The van der Waals surface area contributed by atoms with Crippen molar-refractivity contribution < 1.29 is 8.42 Å². The van der Waals surface area contributed by atoms with Crippen LogP contribution in [0.1, 0.15) is 29.5 Å². The van der Waals surface area contributed by atoms with E-state index in [1.165, 1.54) is 12.0 Å². The summed E-state index contributed by atoms with van der Waals surface area (Å²) in [6, 6.07) is 16.9. The van der Waals surface area contributed by atoms with Gasteiger partial charge in [0, 0.05) is 23.6 Å². The van der Waals surface area contributed by atoms with Gasteiger partial charge in [0.05, 0.1) is 10.6 Å². The second kappa shape index (κ2) is 7.29. The van der Waals surface area contributed by atoms with Crippen LogP contribution >= 0.6 is 0 Å². The molecule has 0 saturated carbocycles. The summed E-state index contributed by atoms with van der Waals surface area (Å²) in [5, 5.41) is 0. The van der Waals surface area contributed by atoms with Crippen molar-refractivity contribution in [3.05, 3.63) is 83.7 Å². The summed E-state index contributed by atoms with van der Waals surface area (Å²) < 4.78 is 30.7. The van der Waals surface area contributed by atoms with Crippen molar-refractivity contribution >= 4 is 21.4 Å². The number of fused-ring (bicyclic) bond motifs is 2. The molecular formula is C24H23N3O2S. The van der Waals surface area contributed by atoms with E-state index >= 15 is 0 Å². The molecule has 0 atom stereocenters. The lowest BCUT2D eigenvalue weighted by Crippen LogP contribution is -2.14. The molecule has 1 aliphatic rings. The molecule has 0 radical (unpaired) electrons. The Labute approximate surface area is 176 Å². The molecule has 0 amide bonds. The van der Waals surface area contributed by atoms with Crippen LogP contribution in [0.15, 0.2) is 71.9 Å². The van der Waals surface area contributed by atoms with Crippen molar-refractivity contribution in [1.82, 2.24) is 9.38 Å². The van der Waals surface area contributed by atoms with Gasteiger partial charge in [0.2, 0.25) is 0 Å². The Kier molecular flexibility index (Phi) is 4.59. The fourth-order valence-electron chi connectivity index (χ4n) is 4.13. The molecule has 30 heavy (non-hydrogen) atoms. The lowest BCUT2D eigenvalue weighted by atomic mass is 9.92. The maximum Gasteiger partial charge on any atom is 0.261 e. The van der Waals surface area contributed by atoms with Crippen LogP contribution in [0.3, 0.4) is 0 Å². The van der Waals surface area contributed by atoms with Crippen LogP contribution in [-0.4, -0.2) is 17.8 Å². The van der Waals surface area contributed by atoms with Crippen LogP contribution in [0.5, 0.6) is 0 Å². The van der Waals surface area contributed by atoms with E-state index < -0.39 is 10.0 Å². The quantitative estimate of drug-likeness (QED) is 0.509. The third-order valence-electron chi connectivity index (χ3n) is 5.72. The number of hydrogen-bond acceptors (Lipinski definition) is 3. The van der Waals surface area contributed by atoms with Crippen LogP contribution in [0.25, 0.3) is 16.9 Å². The minimum Gasteiger partial charge on any atom is -0.306 e. The summed E-state index contributed by atoms with van der Waals surface area (Å²) in [7, 11) is -3.65. The van der Waals surface area contributed by atoms with Crippen molar-refractivity contribution in [3.8, 4) is 11.3 Å². The molecule has 0 fully saturated rings. The summed E-state index contributed by atoms with van der Waals surface area (Å²) in [6.45, 7) is 2.02. The predicted octanol–water partition coefficient (Wildman–Crippen LogP) is 4.99. The molecule has 0 spiro atoms. The van der Waals surface area contributed by atoms with E-state index in [9.17, 15) is 8.42 Å². The standard InChI is InChI=1S/C24H23N3O2S/c1-17-6-5-13-27-16-23(25-24(17)27)20-9-4-10-21(14-20)26-30(28,29)22-12-11-18-7-2-3-8-19(18)15-22/h4-6,9-16,26H,2-3,7-8H2,1H3. The summed E-state index contributed by atoms with van der Waals surface area (Å²) in [5.74, 6) is 0. The first-order chi connectivity index (χ1) is 14.5. The number of anilines is 1. The highest BCUT2D eigenvalue weighted by Gasteiger charge is 2.18. The number of nitrogens with one attached hydrogen (secondary N) is 1. The largest absolute Gasteiger partial charge is 0.306 e. The minimum absolute atomic E-state index is 0.317. The molecule has 5 rings (SSSR count). The van der Waals surface area contributed by atoms with E-state index in [4.69, 9.17) is 4.98 Å². The van der Waals surface area contributed by atoms with Crippen molar-refractivity contribution in [2.24, 2.45) is 0 Å². The highest BCUT2D eigenvalue weighted by Crippen LogP contribution is 2.27. The van der Waals surface area contributed by atoms with Gasteiger partial charge in [-0.25, -0.2) is 13.4 Å². The molecule has 0 unspecified atom stereocenters. The van der Waals surface area contributed by atoms with Gasteiger partial charge in [-0.2, -0.15) is 0 Å². The van der Waals surface area contributed by atoms with Gasteiger partial charge in [-0.05, 0) is 79.6 Å². The summed E-state index contributed by atoms with van der Waals surface area (Å²) in [5.41, 5.74) is 6.60. The average Bonchev–Trinajstić information content (AvgIpc) is 3.19. The molecule has 6 heteroatoms. The average molecular weight is 418 g/mol. The zero-order chi connectivity index (χ0) is 20.7. The number of sulfonamides is 1. The molecule has 0 saturated heterocycles. The fraction of sp³-hybridized carbons (Fsp3) is 0.208. The van der Waals surface area contributed by atoms with E-state index in [1.807, 2.05) is 66.2 Å². The normalized spacial score (nSPS) is 13.9. The van der Waals surface area contributed by atoms with Crippen LogP contribution in [0.2, 0.25) is 0 Å². The van der Waals surface area contributed by atoms with Gasteiger partial charge in [0.1, 0.15) is 5.65 Å². The minimum atomic E-state index is -3.65. The third-order valence-corrected chi connectivity index (χ3v) is 7.10. The van der Waals surface area contributed by atoms with Crippen molar-refractivity contribution in [2.45, 2.75) is 37.5 Å². The second-order valence-electron chi connectivity index (χ2n) is 7.87. The number of nitrogens with zero attached hydrogens (tertiary/aromatic N) is 2. The summed E-state index contributed by atoms with van der Waals surface area (Å²) >= 11 is 0. The molecule has 0 aliphatic heterocycles. The summed E-state index contributed by atoms with van der Waals surface area (Å²) in [6.07, 6.45) is 8.18. The predicted molar refractivity (Wildman–Crippen MR) is 119 cm³/mol. The van der Waals surface area contributed by atoms with Crippen LogP contribution in [0, 0.1) is 6.92 Å². The topological polar surface area (TPSA) is 63.5 Å². The Morgan fingerprint density at radius 3 is 2.63 bits per heavy atom. The Bertz CT molecular complexity index is 1360. The van der Waals surface area contributed by atoms with Crippen molar-refractivity contribution in [2.75, 3.05) is 4.72 Å². The molecule has 4 aromatic rings. The molecule has 0 bridgehead atoms. The van der Waals surface area contributed by atoms with E-state index in [0.29, 0.717) is 10.6 Å². The molecule has 2 heterocycles. The Hall–Kier alpha value is -3.12. The Morgan fingerprint density at radius 2 is 1.80 bits per heavy atom. The molecule has 152 valence electrons. The lowest BCUT2D eigenvalue weighted by Gasteiger charge is -2.17. The van der Waals surface area contributed by atoms with E-state index in [0.717, 1.165) is 47.3 Å². The first kappa shape index (κ1) is 18.9. The molecule has 2 aromatic carbocycles. The highest BCUT2D eigenvalue weighted by atomic mass is 32.2. The number of rotatable bonds is 4. The van der Waals surface area contributed by atoms with Crippen LogP contribution in [0.4, 0.5) is 5.69 Å². The molecule has 1 N–H and O–H groups in total.